The van der Waals surface area contributed by atoms with E-state index in [1.807, 2.05) is 12.1 Å². The lowest BCUT2D eigenvalue weighted by Crippen LogP contribution is -2.19. The van der Waals surface area contributed by atoms with Gasteiger partial charge in [0.05, 0.1) is 17.8 Å². The largest absolute Gasteiger partial charge is 0.497 e. The number of fused-ring (bicyclic) bond motifs is 1. The van der Waals surface area contributed by atoms with E-state index in [-0.39, 0.29) is 11.7 Å². The van der Waals surface area contributed by atoms with Crippen LogP contribution in [0, 0.1) is 0 Å². The molecule has 28 heavy (non-hydrogen) atoms. The third kappa shape index (κ3) is 3.77. The summed E-state index contributed by atoms with van der Waals surface area (Å²) in [5, 5.41) is 0. The van der Waals surface area contributed by atoms with E-state index in [0.29, 0.717) is 21.9 Å². The van der Waals surface area contributed by atoms with Crippen molar-refractivity contribution in [3.63, 3.8) is 0 Å². The predicted molar refractivity (Wildman–Crippen MR) is 107 cm³/mol. The van der Waals surface area contributed by atoms with Gasteiger partial charge in [-0.3, -0.25) is 4.90 Å². The third-order valence-electron chi connectivity index (χ3n) is 5.30. The lowest BCUT2D eigenvalue weighted by molar-refractivity contribution is 0.320. The summed E-state index contributed by atoms with van der Waals surface area (Å²) in [6.07, 6.45) is 0.975. The van der Waals surface area contributed by atoms with Gasteiger partial charge in [0.25, 0.3) is 0 Å². The van der Waals surface area contributed by atoms with E-state index in [2.05, 4.69) is 22.0 Å². The Kier molecular flexibility index (Phi) is 5.12. The zero-order chi connectivity index (χ0) is 19.7. The molecule has 1 aromatic heterocycles. The van der Waals surface area contributed by atoms with Crippen molar-refractivity contribution in [2.75, 3.05) is 26.0 Å². The fourth-order valence-corrected chi connectivity index (χ4v) is 4.53. The van der Waals surface area contributed by atoms with E-state index in [0.717, 1.165) is 31.8 Å². The van der Waals surface area contributed by atoms with Crippen molar-refractivity contribution in [3.8, 4) is 5.75 Å². The van der Waals surface area contributed by atoms with Crippen molar-refractivity contribution in [3.05, 3.63) is 53.9 Å². The molecule has 2 aromatic carbocycles. The molecular weight excluding hydrogens is 376 g/mol. The van der Waals surface area contributed by atoms with Gasteiger partial charge in [-0.25, -0.2) is 13.4 Å². The second kappa shape index (κ2) is 7.56. The first-order chi connectivity index (χ1) is 13.5. The molecule has 0 spiro atoms. The quantitative estimate of drug-likeness (QED) is 0.629. The molecule has 0 N–H and O–H groups in total. The van der Waals surface area contributed by atoms with E-state index in [1.165, 1.54) is 5.56 Å². The Hall–Kier alpha value is -2.38. The monoisotopic (exact) mass is 400 g/mol. The van der Waals surface area contributed by atoms with Gasteiger partial charge in [0.15, 0.2) is 21.3 Å². The van der Waals surface area contributed by atoms with Gasteiger partial charge in [-0.15, -0.1) is 0 Å². The SMILES string of the molecule is CCS(=O)(=O)c1ccc2oc([C@H]3CCN(Cc4ccc(OC)cc4)C3)nc2c1. The average Bonchev–Trinajstić information content (AvgIpc) is 3.34. The number of sulfone groups is 1. The van der Waals surface area contributed by atoms with E-state index < -0.39 is 9.84 Å². The minimum Gasteiger partial charge on any atom is -0.497 e. The molecular formula is C21H24N2O4S. The molecule has 0 aliphatic carbocycles. The maximum atomic E-state index is 12.1. The molecule has 0 bridgehead atoms. The molecule has 0 unspecified atom stereocenters. The Morgan fingerprint density at radius 1 is 1.21 bits per heavy atom. The lowest BCUT2D eigenvalue weighted by atomic mass is 10.1. The van der Waals surface area contributed by atoms with Crippen molar-refractivity contribution in [1.29, 1.82) is 0 Å². The van der Waals surface area contributed by atoms with Crippen molar-refractivity contribution in [1.82, 2.24) is 9.88 Å². The minimum absolute atomic E-state index is 0.0756. The van der Waals surface area contributed by atoms with Crippen molar-refractivity contribution in [2.24, 2.45) is 0 Å². The Balaban J connectivity index is 1.48. The standard InChI is InChI=1S/C21H24N2O4S/c1-3-28(24,25)18-8-9-20-19(12-18)22-21(27-20)16-10-11-23(14-16)13-15-4-6-17(26-2)7-5-15/h4-9,12,16H,3,10-11,13-14H2,1-2H3/t16-/m0/s1. The molecule has 4 rings (SSSR count). The summed E-state index contributed by atoms with van der Waals surface area (Å²) in [4.78, 5) is 7.28. The highest BCUT2D eigenvalue weighted by Gasteiger charge is 2.28. The number of oxazole rings is 1. The Morgan fingerprint density at radius 3 is 2.71 bits per heavy atom. The second-order valence-electron chi connectivity index (χ2n) is 7.15. The van der Waals surface area contributed by atoms with Crippen LogP contribution in [0.15, 0.2) is 51.8 Å². The van der Waals surface area contributed by atoms with Crippen LogP contribution in [0.25, 0.3) is 11.1 Å². The Bertz CT molecular complexity index is 1070. The summed E-state index contributed by atoms with van der Waals surface area (Å²) in [7, 11) is -1.58. The van der Waals surface area contributed by atoms with Crippen LogP contribution >= 0.6 is 0 Å². The molecule has 1 aliphatic heterocycles. The van der Waals surface area contributed by atoms with Gasteiger partial charge in [0.2, 0.25) is 0 Å². The fraction of sp³-hybridized carbons (Fsp3) is 0.381. The lowest BCUT2D eigenvalue weighted by Gasteiger charge is -2.15. The van der Waals surface area contributed by atoms with Gasteiger partial charge in [0.1, 0.15) is 11.3 Å². The van der Waals surface area contributed by atoms with Gasteiger partial charge in [-0.1, -0.05) is 19.1 Å². The normalized spacial score (nSPS) is 18.0. The molecule has 1 fully saturated rings. The number of likely N-dealkylation sites (tertiary alicyclic amines) is 1. The molecule has 148 valence electrons. The van der Waals surface area contributed by atoms with Crippen molar-refractivity contribution < 1.29 is 17.6 Å². The number of hydrogen-bond donors (Lipinski definition) is 0. The maximum absolute atomic E-state index is 12.1. The van der Waals surface area contributed by atoms with E-state index >= 15 is 0 Å². The molecule has 2 heterocycles. The number of hydrogen-bond acceptors (Lipinski definition) is 6. The van der Waals surface area contributed by atoms with Crippen LogP contribution in [0.5, 0.6) is 5.75 Å². The molecule has 0 radical (unpaired) electrons. The molecule has 1 atom stereocenters. The number of methoxy groups -OCH3 is 1. The van der Waals surface area contributed by atoms with Crippen LogP contribution in [0.2, 0.25) is 0 Å². The van der Waals surface area contributed by atoms with Gasteiger partial charge in [-0.2, -0.15) is 0 Å². The summed E-state index contributed by atoms with van der Waals surface area (Å²) >= 11 is 0. The van der Waals surface area contributed by atoms with Crippen molar-refractivity contribution >= 4 is 20.9 Å². The molecule has 0 saturated carbocycles. The summed E-state index contributed by atoms with van der Waals surface area (Å²) in [5.41, 5.74) is 2.49. The van der Waals surface area contributed by atoms with E-state index in [1.54, 1.807) is 32.2 Å². The molecule has 0 amide bonds. The Morgan fingerprint density at radius 2 is 2.00 bits per heavy atom. The molecule has 3 aromatic rings. The van der Waals surface area contributed by atoms with Gasteiger partial charge in [-0.05, 0) is 48.9 Å². The Labute approximate surface area is 165 Å². The second-order valence-corrected chi connectivity index (χ2v) is 9.43. The van der Waals surface area contributed by atoms with Gasteiger partial charge >= 0.3 is 0 Å². The van der Waals surface area contributed by atoms with Crippen LogP contribution in [-0.4, -0.2) is 44.3 Å². The third-order valence-corrected chi connectivity index (χ3v) is 7.03. The highest BCUT2D eigenvalue weighted by Crippen LogP contribution is 2.31. The van der Waals surface area contributed by atoms with Gasteiger partial charge in [0, 0.05) is 19.0 Å². The molecule has 7 heteroatoms. The number of ether oxygens (including phenoxy) is 1. The zero-order valence-corrected chi connectivity index (χ0v) is 16.9. The number of rotatable bonds is 6. The smallest absolute Gasteiger partial charge is 0.199 e. The first-order valence-electron chi connectivity index (χ1n) is 9.47. The zero-order valence-electron chi connectivity index (χ0n) is 16.1. The van der Waals surface area contributed by atoms with E-state index in [4.69, 9.17) is 9.15 Å². The molecule has 6 nitrogen and oxygen atoms in total. The molecule has 1 saturated heterocycles. The number of benzene rings is 2. The van der Waals surface area contributed by atoms with Crippen LogP contribution in [0.4, 0.5) is 0 Å². The first-order valence-corrected chi connectivity index (χ1v) is 11.1. The first kappa shape index (κ1) is 19.0. The van der Waals surface area contributed by atoms with Crippen LogP contribution in [0.1, 0.15) is 30.7 Å². The summed E-state index contributed by atoms with van der Waals surface area (Å²) in [6, 6.07) is 13.0. The van der Waals surface area contributed by atoms with Crippen LogP contribution in [0.3, 0.4) is 0 Å². The van der Waals surface area contributed by atoms with Gasteiger partial charge < -0.3 is 9.15 Å². The molecule has 1 aliphatic rings. The topological polar surface area (TPSA) is 72.6 Å². The number of aromatic nitrogens is 1. The minimum atomic E-state index is -3.25. The summed E-state index contributed by atoms with van der Waals surface area (Å²) in [6.45, 7) is 4.37. The van der Waals surface area contributed by atoms with Crippen LogP contribution in [-0.2, 0) is 16.4 Å². The maximum Gasteiger partial charge on any atom is 0.199 e. The summed E-state index contributed by atoms with van der Waals surface area (Å²) in [5.74, 6) is 1.85. The van der Waals surface area contributed by atoms with E-state index in [9.17, 15) is 8.42 Å². The van der Waals surface area contributed by atoms with Crippen molar-refractivity contribution in [2.45, 2.75) is 30.7 Å². The number of nitrogens with zero attached hydrogens (tertiary/aromatic N) is 2. The summed E-state index contributed by atoms with van der Waals surface area (Å²) < 4.78 is 35.3. The van der Waals surface area contributed by atoms with Crippen LogP contribution < -0.4 is 4.74 Å². The average molecular weight is 401 g/mol. The highest BCUT2D eigenvalue weighted by atomic mass is 32.2. The predicted octanol–water partition coefficient (Wildman–Crippen LogP) is 3.62. The highest BCUT2D eigenvalue weighted by molar-refractivity contribution is 7.91. The fourth-order valence-electron chi connectivity index (χ4n) is 3.63.